The number of piperazine rings is 1. The van der Waals surface area contributed by atoms with Crippen LogP contribution in [0.1, 0.15) is 38.3 Å². The van der Waals surface area contributed by atoms with Gasteiger partial charge in [-0.25, -0.2) is 0 Å². The van der Waals surface area contributed by atoms with Gasteiger partial charge in [0, 0.05) is 17.8 Å². The Kier molecular flexibility index (Phi) is 6.56. The molecule has 25 heavy (non-hydrogen) atoms. The number of benzene rings is 1. The van der Waals surface area contributed by atoms with Crippen LogP contribution < -0.4 is 16.0 Å². The number of aryl methyl sites for hydroxylation is 2. The van der Waals surface area contributed by atoms with Crippen molar-refractivity contribution in [1.29, 1.82) is 0 Å². The molecule has 0 aromatic heterocycles. The quantitative estimate of drug-likeness (QED) is 0.709. The van der Waals surface area contributed by atoms with Crippen LogP contribution in [0.4, 0.5) is 5.69 Å². The van der Waals surface area contributed by atoms with Gasteiger partial charge in [-0.3, -0.25) is 20.2 Å². The van der Waals surface area contributed by atoms with Gasteiger partial charge in [0.25, 0.3) is 0 Å². The maximum Gasteiger partial charge on any atom is 0.325 e. The first-order valence-corrected chi connectivity index (χ1v) is 8.90. The first-order chi connectivity index (χ1) is 11.8. The maximum absolute atomic E-state index is 12.9. The summed E-state index contributed by atoms with van der Waals surface area (Å²) in [4.78, 5) is 25.2. The van der Waals surface area contributed by atoms with Crippen molar-refractivity contribution in [2.24, 2.45) is 0 Å². The average molecular weight is 347 g/mol. The summed E-state index contributed by atoms with van der Waals surface area (Å²) >= 11 is 0. The molecule has 0 spiro atoms. The second kappa shape index (κ2) is 8.45. The van der Waals surface area contributed by atoms with Crippen molar-refractivity contribution < 1.29 is 14.3 Å². The van der Waals surface area contributed by atoms with E-state index >= 15 is 0 Å². The molecule has 6 heteroatoms. The fraction of sp³-hybridized carbons (Fsp3) is 0.579. The molecule has 1 aliphatic heterocycles. The lowest BCUT2D eigenvalue weighted by Gasteiger charge is -2.39. The number of rotatable bonds is 5. The van der Waals surface area contributed by atoms with Crippen LogP contribution in [0.3, 0.4) is 0 Å². The van der Waals surface area contributed by atoms with Gasteiger partial charge in [-0.2, -0.15) is 0 Å². The first kappa shape index (κ1) is 19.4. The van der Waals surface area contributed by atoms with Crippen LogP contribution in [0.15, 0.2) is 18.2 Å². The lowest BCUT2D eigenvalue weighted by Crippen LogP contribution is -2.69. The minimum Gasteiger partial charge on any atom is -0.464 e. The van der Waals surface area contributed by atoms with E-state index in [-0.39, 0.29) is 18.0 Å². The highest BCUT2D eigenvalue weighted by atomic mass is 16.5. The van der Waals surface area contributed by atoms with Crippen molar-refractivity contribution in [2.75, 3.05) is 11.9 Å². The van der Waals surface area contributed by atoms with Gasteiger partial charge in [0.15, 0.2) is 0 Å². The Morgan fingerprint density at radius 3 is 2.40 bits per heavy atom. The van der Waals surface area contributed by atoms with Crippen molar-refractivity contribution in [1.82, 2.24) is 10.6 Å². The zero-order valence-electron chi connectivity index (χ0n) is 15.7. The van der Waals surface area contributed by atoms with Gasteiger partial charge in [-0.1, -0.05) is 19.1 Å². The predicted octanol–water partition coefficient (Wildman–Crippen LogP) is 1.90. The van der Waals surface area contributed by atoms with Crippen LogP contribution in [-0.2, 0) is 14.3 Å². The molecule has 1 amide bonds. The Morgan fingerprint density at radius 1 is 1.12 bits per heavy atom. The number of carbonyl (C=O) groups is 2. The molecule has 0 bridgehead atoms. The molecule has 0 aliphatic carbocycles. The predicted molar refractivity (Wildman–Crippen MR) is 98.6 cm³/mol. The molecule has 1 aromatic carbocycles. The van der Waals surface area contributed by atoms with Crippen molar-refractivity contribution in [3.63, 3.8) is 0 Å². The standard InChI is InChI=1S/C19H29N3O3/c1-6-9-25-19(24)17-16(20-13(4)14(5)21-17)18(23)22-15-10-11(2)7-8-12(15)3/h7-8,10,13-14,16-17,20-21H,6,9H2,1-5H3,(H,22,23). The SMILES string of the molecule is CCCOC(=O)C1NC(C)C(C)NC1C(=O)Nc1cc(C)ccc1C. The van der Waals surface area contributed by atoms with E-state index in [9.17, 15) is 9.59 Å². The van der Waals surface area contributed by atoms with Crippen LogP contribution in [0, 0.1) is 13.8 Å². The summed E-state index contributed by atoms with van der Waals surface area (Å²) < 4.78 is 5.27. The monoisotopic (exact) mass is 347 g/mol. The fourth-order valence-electron chi connectivity index (χ4n) is 2.85. The highest BCUT2D eigenvalue weighted by molar-refractivity contribution is 5.99. The number of ether oxygens (including phenoxy) is 1. The lowest BCUT2D eigenvalue weighted by molar-refractivity contribution is -0.149. The van der Waals surface area contributed by atoms with Gasteiger partial charge in [-0.15, -0.1) is 0 Å². The van der Waals surface area contributed by atoms with Crippen LogP contribution >= 0.6 is 0 Å². The summed E-state index contributed by atoms with van der Waals surface area (Å²) in [6, 6.07) is 4.63. The van der Waals surface area contributed by atoms with Crippen LogP contribution in [-0.4, -0.2) is 42.7 Å². The fourth-order valence-corrected chi connectivity index (χ4v) is 2.85. The molecular formula is C19H29N3O3. The van der Waals surface area contributed by atoms with Gasteiger partial charge >= 0.3 is 5.97 Å². The van der Waals surface area contributed by atoms with Gasteiger partial charge < -0.3 is 10.1 Å². The molecule has 6 nitrogen and oxygen atoms in total. The molecule has 1 saturated heterocycles. The van der Waals surface area contributed by atoms with Crippen LogP contribution in [0.5, 0.6) is 0 Å². The molecule has 0 radical (unpaired) electrons. The van der Waals surface area contributed by atoms with Gasteiger partial charge in [0.1, 0.15) is 12.1 Å². The molecule has 0 saturated carbocycles. The Balaban J connectivity index is 2.17. The molecule has 3 N–H and O–H groups in total. The largest absolute Gasteiger partial charge is 0.464 e. The van der Waals surface area contributed by atoms with Crippen molar-refractivity contribution >= 4 is 17.6 Å². The van der Waals surface area contributed by atoms with E-state index in [1.807, 2.05) is 52.8 Å². The summed E-state index contributed by atoms with van der Waals surface area (Å²) in [5, 5.41) is 9.42. The highest BCUT2D eigenvalue weighted by Crippen LogP contribution is 2.18. The summed E-state index contributed by atoms with van der Waals surface area (Å²) in [5.74, 6) is -0.632. The number of amides is 1. The zero-order chi connectivity index (χ0) is 18.6. The number of carbonyl (C=O) groups excluding carboxylic acids is 2. The van der Waals surface area contributed by atoms with E-state index in [2.05, 4.69) is 16.0 Å². The summed E-state index contributed by atoms with van der Waals surface area (Å²) in [7, 11) is 0. The number of nitrogens with one attached hydrogen (secondary N) is 3. The van der Waals surface area contributed by atoms with E-state index in [4.69, 9.17) is 4.74 Å². The first-order valence-electron chi connectivity index (χ1n) is 8.90. The minimum atomic E-state index is -0.706. The second-order valence-corrected chi connectivity index (χ2v) is 6.84. The van der Waals surface area contributed by atoms with Crippen molar-refractivity contribution in [3.8, 4) is 0 Å². The van der Waals surface area contributed by atoms with E-state index in [1.165, 1.54) is 0 Å². The molecule has 4 atom stereocenters. The van der Waals surface area contributed by atoms with E-state index in [0.29, 0.717) is 6.61 Å². The Hall–Kier alpha value is -1.92. The lowest BCUT2D eigenvalue weighted by atomic mass is 9.97. The number of esters is 1. The molecule has 1 aromatic rings. The normalized spacial score (nSPS) is 26.1. The third-order valence-corrected chi connectivity index (χ3v) is 4.60. The second-order valence-electron chi connectivity index (χ2n) is 6.84. The topological polar surface area (TPSA) is 79.5 Å². The molecule has 1 heterocycles. The maximum atomic E-state index is 12.9. The number of anilines is 1. The van der Waals surface area contributed by atoms with E-state index < -0.39 is 18.1 Å². The Labute approximate surface area is 149 Å². The smallest absolute Gasteiger partial charge is 0.325 e. The van der Waals surface area contributed by atoms with E-state index in [0.717, 1.165) is 23.2 Å². The van der Waals surface area contributed by atoms with E-state index in [1.54, 1.807) is 0 Å². The third-order valence-electron chi connectivity index (χ3n) is 4.60. The van der Waals surface area contributed by atoms with Crippen molar-refractivity contribution in [2.45, 2.75) is 65.2 Å². The molecular weight excluding hydrogens is 318 g/mol. The van der Waals surface area contributed by atoms with Crippen LogP contribution in [0.2, 0.25) is 0 Å². The van der Waals surface area contributed by atoms with Gasteiger partial charge in [-0.05, 0) is 51.3 Å². The number of hydrogen-bond donors (Lipinski definition) is 3. The Morgan fingerprint density at radius 2 is 1.76 bits per heavy atom. The summed E-state index contributed by atoms with van der Waals surface area (Å²) in [6.45, 7) is 10.2. The van der Waals surface area contributed by atoms with Crippen molar-refractivity contribution in [3.05, 3.63) is 29.3 Å². The molecule has 2 rings (SSSR count). The van der Waals surface area contributed by atoms with Crippen LogP contribution in [0.25, 0.3) is 0 Å². The number of hydrogen-bond acceptors (Lipinski definition) is 5. The average Bonchev–Trinajstić information content (AvgIpc) is 2.57. The van der Waals surface area contributed by atoms with Gasteiger partial charge in [0.05, 0.1) is 6.61 Å². The molecule has 1 aliphatic rings. The zero-order valence-corrected chi connectivity index (χ0v) is 15.7. The molecule has 1 fully saturated rings. The van der Waals surface area contributed by atoms with Gasteiger partial charge in [0.2, 0.25) is 5.91 Å². The third kappa shape index (κ3) is 4.80. The highest BCUT2D eigenvalue weighted by Gasteiger charge is 2.41. The summed E-state index contributed by atoms with van der Waals surface area (Å²) in [5.41, 5.74) is 2.81. The molecule has 138 valence electrons. The summed E-state index contributed by atoms with van der Waals surface area (Å²) in [6.07, 6.45) is 0.747. The molecule has 4 unspecified atom stereocenters. The Bertz CT molecular complexity index is 632. The minimum absolute atomic E-state index is 0.0592.